The number of carbonyl (C=O) groups is 1. The number of nitrogens with zero attached hydrogens (tertiary/aromatic N) is 3. The number of carbonyl (C=O) groups excluding carboxylic acids is 1. The van der Waals surface area contributed by atoms with Crippen LogP contribution in [0.25, 0.3) is 0 Å². The average Bonchev–Trinajstić information content (AvgIpc) is 3.17. The summed E-state index contributed by atoms with van der Waals surface area (Å²) in [7, 11) is 0. The van der Waals surface area contributed by atoms with Crippen molar-refractivity contribution in [1.29, 1.82) is 0 Å². The Morgan fingerprint density at radius 1 is 1.24 bits per heavy atom. The maximum absolute atomic E-state index is 14.7. The highest BCUT2D eigenvalue weighted by Gasteiger charge is 2.35. The molecule has 29 heavy (non-hydrogen) atoms. The van der Waals surface area contributed by atoms with Crippen LogP contribution >= 0.6 is 0 Å². The Kier molecular flexibility index (Phi) is 4.99. The molecule has 148 valence electrons. The van der Waals surface area contributed by atoms with Gasteiger partial charge in [-0.05, 0) is 32.0 Å². The molecule has 1 aliphatic rings. The molecule has 0 saturated carbocycles. The molecule has 1 aromatic heterocycles. The monoisotopic (exact) mass is 393 g/mol. The van der Waals surface area contributed by atoms with Crippen molar-refractivity contribution in [1.82, 2.24) is 14.8 Å². The number of benzene rings is 2. The van der Waals surface area contributed by atoms with Gasteiger partial charge in [-0.3, -0.25) is 4.79 Å². The van der Waals surface area contributed by atoms with Gasteiger partial charge < -0.3 is 15.4 Å². The third-order valence-corrected chi connectivity index (χ3v) is 4.67. The minimum absolute atomic E-state index is 0.336. The van der Waals surface area contributed by atoms with E-state index in [1.54, 1.807) is 37.3 Å². The Bertz CT molecular complexity index is 1090. The number of hydrogen-bond acceptors (Lipinski definition) is 5. The summed E-state index contributed by atoms with van der Waals surface area (Å²) >= 11 is 0. The number of para-hydroxylation sites is 2. The maximum atomic E-state index is 14.7. The molecule has 2 N–H and O–H groups in total. The fourth-order valence-corrected chi connectivity index (χ4v) is 3.41. The van der Waals surface area contributed by atoms with E-state index in [4.69, 9.17) is 4.74 Å². The molecule has 2 aromatic carbocycles. The first-order valence-electron chi connectivity index (χ1n) is 9.25. The number of amides is 1. The van der Waals surface area contributed by atoms with Gasteiger partial charge in [0.05, 0.1) is 17.9 Å². The second-order valence-corrected chi connectivity index (χ2v) is 6.50. The van der Waals surface area contributed by atoms with Crippen LogP contribution in [0.5, 0.6) is 5.75 Å². The van der Waals surface area contributed by atoms with E-state index in [-0.39, 0.29) is 5.91 Å². The van der Waals surface area contributed by atoms with E-state index in [0.717, 1.165) is 0 Å². The van der Waals surface area contributed by atoms with E-state index in [9.17, 15) is 9.18 Å². The molecule has 3 aromatic rings. The van der Waals surface area contributed by atoms with Gasteiger partial charge in [0.1, 0.15) is 23.9 Å². The van der Waals surface area contributed by atoms with Crippen molar-refractivity contribution in [2.24, 2.45) is 0 Å². The van der Waals surface area contributed by atoms with Gasteiger partial charge in [-0.25, -0.2) is 9.07 Å². The highest BCUT2D eigenvalue weighted by Crippen LogP contribution is 2.36. The summed E-state index contributed by atoms with van der Waals surface area (Å²) in [6.07, 6.45) is 1.37. The summed E-state index contributed by atoms with van der Waals surface area (Å²) in [6.45, 7) is 4.10. The lowest BCUT2D eigenvalue weighted by molar-refractivity contribution is -0.113. The smallest absolute Gasteiger partial charge is 0.255 e. The molecule has 1 atom stereocenters. The van der Waals surface area contributed by atoms with E-state index in [1.807, 2.05) is 19.1 Å². The molecular formula is C21H20FN5O2. The summed E-state index contributed by atoms with van der Waals surface area (Å²) in [6, 6.07) is 12.8. The quantitative estimate of drug-likeness (QED) is 0.690. The van der Waals surface area contributed by atoms with Crippen molar-refractivity contribution in [2.75, 3.05) is 17.2 Å². The summed E-state index contributed by atoms with van der Waals surface area (Å²) in [5.41, 5.74) is 1.80. The number of fused-ring (bicyclic) bond motifs is 1. The molecule has 1 amide bonds. The van der Waals surface area contributed by atoms with E-state index in [2.05, 4.69) is 20.7 Å². The second-order valence-electron chi connectivity index (χ2n) is 6.50. The van der Waals surface area contributed by atoms with Crippen LogP contribution < -0.4 is 15.4 Å². The molecule has 0 unspecified atom stereocenters. The Labute approximate surface area is 167 Å². The average molecular weight is 393 g/mol. The van der Waals surface area contributed by atoms with Crippen LogP contribution in [0.15, 0.2) is 66.1 Å². The Morgan fingerprint density at radius 3 is 2.79 bits per heavy atom. The van der Waals surface area contributed by atoms with Crippen molar-refractivity contribution in [3.05, 3.63) is 77.5 Å². The van der Waals surface area contributed by atoms with Gasteiger partial charge >= 0.3 is 0 Å². The number of nitrogens with one attached hydrogen (secondary N) is 2. The summed E-state index contributed by atoms with van der Waals surface area (Å²) < 4.78 is 21.8. The minimum atomic E-state index is -0.755. The topological polar surface area (TPSA) is 81.1 Å². The first-order chi connectivity index (χ1) is 14.1. The Balaban J connectivity index is 1.76. The number of halogens is 1. The highest BCUT2D eigenvalue weighted by molar-refractivity contribution is 6.06. The van der Waals surface area contributed by atoms with E-state index in [1.165, 1.54) is 17.1 Å². The molecule has 0 saturated heterocycles. The highest BCUT2D eigenvalue weighted by atomic mass is 19.1. The van der Waals surface area contributed by atoms with Crippen LogP contribution in [0.2, 0.25) is 0 Å². The van der Waals surface area contributed by atoms with Crippen LogP contribution in [0.1, 0.15) is 25.5 Å². The van der Waals surface area contributed by atoms with E-state index < -0.39 is 11.9 Å². The zero-order valence-electron chi connectivity index (χ0n) is 16.0. The van der Waals surface area contributed by atoms with Gasteiger partial charge in [0.2, 0.25) is 5.95 Å². The van der Waals surface area contributed by atoms with Crippen LogP contribution in [0.4, 0.5) is 16.0 Å². The fraction of sp³-hybridized carbons (Fsp3) is 0.190. The van der Waals surface area contributed by atoms with Gasteiger partial charge in [0.15, 0.2) is 0 Å². The van der Waals surface area contributed by atoms with Crippen LogP contribution in [0.3, 0.4) is 0 Å². The number of allylic oxidation sites excluding steroid dienone is 1. The van der Waals surface area contributed by atoms with Crippen molar-refractivity contribution < 1.29 is 13.9 Å². The molecular weight excluding hydrogens is 373 g/mol. The van der Waals surface area contributed by atoms with Crippen molar-refractivity contribution >= 4 is 17.5 Å². The number of ether oxygens (including phenoxy) is 1. The van der Waals surface area contributed by atoms with Crippen molar-refractivity contribution in [3.63, 3.8) is 0 Å². The molecule has 0 bridgehead atoms. The maximum Gasteiger partial charge on any atom is 0.255 e. The van der Waals surface area contributed by atoms with Crippen molar-refractivity contribution in [3.8, 4) is 5.75 Å². The molecule has 4 rings (SSSR count). The summed E-state index contributed by atoms with van der Waals surface area (Å²) in [5, 5.41) is 10.2. The normalized spacial score (nSPS) is 15.5. The van der Waals surface area contributed by atoms with Crippen LogP contribution in [0, 0.1) is 5.82 Å². The lowest BCUT2D eigenvalue weighted by Crippen LogP contribution is -2.32. The molecule has 8 heteroatoms. The molecule has 2 heterocycles. The largest absolute Gasteiger partial charge is 0.492 e. The van der Waals surface area contributed by atoms with Crippen molar-refractivity contribution in [2.45, 2.75) is 19.9 Å². The lowest BCUT2D eigenvalue weighted by atomic mass is 9.94. The van der Waals surface area contributed by atoms with Gasteiger partial charge in [0.25, 0.3) is 5.91 Å². The second kappa shape index (κ2) is 7.75. The minimum Gasteiger partial charge on any atom is -0.492 e. The van der Waals surface area contributed by atoms with Gasteiger partial charge in [-0.1, -0.05) is 30.3 Å². The first-order valence-corrected chi connectivity index (χ1v) is 9.25. The number of rotatable bonds is 5. The van der Waals surface area contributed by atoms with Gasteiger partial charge in [0, 0.05) is 11.3 Å². The summed E-state index contributed by atoms with van der Waals surface area (Å²) in [5.74, 6) is 0.210. The third kappa shape index (κ3) is 3.44. The molecule has 0 aliphatic carbocycles. The SMILES string of the molecule is CCOc1ccccc1NC(=O)C1=C(C)Nc2ncnn2[C@@H]1c1ccccc1F. The van der Waals surface area contributed by atoms with Crippen LogP contribution in [-0.2, 0) is 4.79 Å². The van der Waals surface area contributed by atoms with E-state index in [0.29, 0.717) is 40.8 Å². The predicted octanol–water partition coefficient (Wildman–Crippen LogP) is 3.74. The predicted molar refractivity (Wildman–Crippen MR) is 107 cm³/mol. The Hall–Kier alpha value is -3.68. The first kappa shape index (κ1) is 18.7. The molecule has 0 radical (unpaired) electrons. The molecule has 0 fully saturated rings. The number of anilines is 2. The third-order valence-electron chi connectivity index (χ3n) is 4.67. The zero-order valence-corrected chi connectivity index (χ0v) is 16.0. The standard InChI is InChI=1S/C21H20FN5O2/c1-3-29-17-11-7-6-10-16(17)26-20(28)18-13(2)25-21-23-12-24-27(21)19(18)14-8-4-5-9-15(14)22/h4-12,19H,3H2,1-2H3,(H,26,28)(H,23,24,25)/t19-/m1/s1. The number of hydrogen-bond donors (Lipinski definition) is 2. The zero-order chi connectivity index (χ0) is 20.4. The number of aromatic nitrogens is 3. The molecule has 0 spiro atoms. The summed E-state index contributed by atoms with van der Waals surface area (Å²) in [4.78, 5) is 17.5. The van der Waals surface area contributed by atoms with Crippen LogP contribution in [-0.4, -0.2) is 27.3 Å². The lowest BCUT2D eigenvalue weighted by Gasteiger charge is -2.29. The van der Waals surface area contributed by atoms with Gasteiger partial charge in [-0.15, -0.1) is 0 Å². The Morgan fingerprint density at radius 2 is 2.00 bits per heavy atom. The molecule has 7 nitrogen and oxygen atoms in total. The van der Waals surface area contributed by atoms with E-state index >= 15 is 0 Å². The molecule has 1 aliphatic heterocycles. The van der Waals surface area contributed by atoms with Gasteiger partial charge in [-0.2, -0.15) is 10.1 Å². The fourth-order valence-electron chi connectivity index (χ4n) is 3.41.